The van der Waals surface area contributed by atoms with Gasteiger partial charge < -0.3 is 19.8 Å². The summed E-state index contributed by atoms with van der Waals surface area (Å²) in [6.45, 7) is 4.49. The van der Waals surface area contributed by atoms with Gasteiger partial charge >= 0.3 is 37.7 Å². The summed E-state index contributed by atoms with van der Waals surface area (Å²) in [4.78, 5) is 20.1. The molecule has 0 atom stereocenters. The van der Waals surface area contributed by atoms with Gasteiger partial charge in [0.15, 0.2) is 0 Å². The van der Waals surface area contributed by atoms with E-state index in [4.69, 9.17) is 0 Å². The molecule has 4 nitrogen and oxygen atoms in total. The molecule has 0 aromatic rings. The Balaban J connectivity index is -0.000000688. The van der Waals surface area contributed by atoms with Crippen LogP contribution in [0.15, 0.2) is 97.2 Å². The minimum absolute atomic E-state index is 0. The van der Waals surface area contributed by atoms with Crippen molar-refractivity contribution < 1.29 is 19.8 Å². The summed E-state index contributed by atoms with van der Waals surface area (Å²) in [6, 6.07) is 0. The molecule has 0 bridgehead atoms. The molecule has 0 aliphatic carbocycles. The maximum absolute atomic E-state index is 10.1. The molecule has 0 aromatic heterocycles. The van der Waals surface area contributed by atoms with Gasteiger partial charge in [-0.2, -0.15) is 0 Å². The molecule has 0 N–H and O–H groups in total. The molecular weight excluding hydrogens is 536 g/mol. The summed E-state index contributed by atoms with van der Waals surface area (Å²) in [5.74, 6) is -2.35. The SMILES string of the molecule is CCCCCCCCCC=CC=CC=CC=CC(=O)[O-].CCCCCCCCCC=CC=CC=CC=CC(=O)[O-].[Ca+2]. The second kappa shape index (κ2) is 40.3. The number of carbonyl (C=O) groups is 2. The first-order valence-corrected chi connectivity index (χ1v) is 15.3. The van der Waals surface area contributed by atoms with Gasteiger partial charge in [0.2, 0.25) is 0 Å². The maximum atomic E-state index is 10.1. The van der Waals surface area contributed by atoms with E-state index in [2.05, 4.69) is 26.0 Å². The van der Waals surface area contributed by atoms with Crippen molar-refractivity contribution in [2.24, 2.45) is 0 Å². The van der Waals surface area contributed by atoms with Crippen molar-refractivity contribution in [2.75, 3.05) is 0 Å². The van der Waals surface area contributed by atoms with E-state index in [0.717, 1.165) is 25.0 Å². The molecule has 0 aliphatic heterocycles. The van der Waals surface area contributed by atoms with Crippen molar-refractivity contribution in [1.82, 2.24) is 0 Å². The summed E-state index contributed by atoms with van der Waals surface area (Å²) in [5.41, 5.74) is 0. The van der Waals surface area contributed by atoms with Crippen LogP contribution in [0.4, 0.5) is 0 Å². The molecule has 0 fully saturated rings. The molecule has 0 heterocycles. The van der Waals surface area contributed by atoms with Gasteiger partial charge in [-0.05, 0) is 37.8 Å². The van der Waals surface area contributed by atoms with Crippen molar-refractivity contribution >= 4 is 49.7 Å². The Hall–Kier alpha value is -1.88. The topological polar surface area (TPSA) is 80.3 Å². The zero-order valence-electron chi connectivity index (χ0n) is 25.9. The predicted molar refractivity (Wildman–Crippen MR) is 174 cm³/mol. The predicted octanol–water partition coefficient (Wildman–Crippen LogP) is 7.82. The van der Waals surface area contributed by atoms with Crippen molar-refractivity contribution in [3.05, 3.63) is 97.2 Å². The molecule has 41 heavy (non-hydrogen) atoms. The van der Waals surface area contributed by atoms with Crippen LogP contribution in [0.5, 0.6) is 0 Å². The first-order chi connectivity index (χ1) is 19.5. The van der Waals surface area contributed by atoms with Gasteiger partial charge in [0.25, 0.3) is 0 Å². The second-order valence-corrected chi connectivity index (χ2v) is 9.57. The minimum Gasteiger partial charge on any atom is -0.545 e. The van der Waals surface area contributed by atoms with Crippen LogP contribution in [0.2, 0.25) is 0 Å². The van der Waals surface area contributed by atoms with E-state index < -0.39 is 11.9 Å². The van der Waals surface area contributed by atoms with E-state index in [1.807, 2.05) is 36.5 Å². The van der Waals surface area contributed by atoms with Gasteiger partial charge in [-0.1, -0.05) is 176 Å². The Bertz CT molecular complexity index is 745. The molecular formula is C36H54CaO4. The molecule has 0 aromatic carbocycles. The standard InChI is InChI=1S/2C18H28O2.Ca/c2*1-2-3-4-5-6-7-8-9-10-11-12-13-14-15-16-17-18(19)20;/h2*10-17H,2-9H2,1H3,(H,19,20);/q;;+2/p-2. The smallest absolute Gasteiger partial charge is 0.545 e. The summed E-state index contributed by atoms with van der Waals surface area (Å²) in [7, 11) is 0. The monoisotopic (exact) mass is 590 g/mol. The Morgan fingerprint density at radius 2 is 0.683 bits per heavy atom. The van der Waals surface area contributed by atoms with Gasteiger partial charge in [0.05, 0.1) is 11.9 Å². The van der Waals surface area contributed by atoms with Crippen LogP contribution in [0.25, 0.3) is 0 Å². The fourth-order valence-electron chi connectivity index (χ4n) is 3.57. The van der Waals surface area contributed by atoms with Crippen LogP contribution in [-0.2, 0) is 9.59 Å². The third-order valence-corrected chi connectivity index (χ3v) is 5.80. The molecule has 0 radical (unpaired) electrons. The van der Waals surface area contributed by atoms with Crippen LogP contribution >= 0.6 is 0 Å². The van der Waals surface area contributed by atoms with Crippen LogP contribution in [-0.4, -0.2) is 49.7 Å². The number of aliphatic carboxylic acids is 2. The Labute approximate surface area is 281 Å². The normalized spacial score (nSPS) is 12.1. The first kappa shape index (κ1) is 43.6. The number of rotatable bonds is 24. The first-order valence-electron chi connectivity index (χ1n) is 15.3. The molecule has 224 valence electrons. The van der Waals surface area contributed by atoms with Crippen LogP contribution in [0.3, 0.4) is 0 Å². The van der Waals surface area contributed by atoms with E-state index in [-0.39, 0.29) is 37.7 Å². The zero-order chi connectivity index (χ0) is 29.8. The van der Waals surface area contributed by atoms with Crippen molar-refractivity contribution in [3.63, 3.8) is 0 Å². The molecule has 0 amide bonds. The Morgan fingerprint density at radius 1 is 0.415 bits per heavy atom. The van der Waals surface area contributed by atoms with E-state index in [9.17, 15) is 19.8 Å². The zero-order valence-corrected chi connectivity index (χ0v) is 28.1. The van der Waals surface area contributed by atoms with Gasteiger partial charge in [0, 0.05) is 0 Å². The summed E-state index contributed by atoms with van der Waals surface area (Å²) in [6.07, 6.45) is 48.9. The van der Waals surface area contributed by atoms with Crippen molar-refractivity contribution in [3.8, 4) is 0 Å². The van der Waals surface area contributed by atoms with Gasteiger partial charge in [-0.25, -0.2) is 0 Å². The average molecular weight is 591 g/mol. The van der Waals surface area contributed by atoms with E-state index in [1.165, 1.54) is 102 Å². The fourth-order valence-corrected chi connectivity index (χ4v) is 3.57. The molecule has 0 rings (SSSR count). The summed E-state index contributed by atoms with van der Waals surface area (Å²) >= 11 is 0. The van der Waals surface area contributed by atoms with E-state index >= 15 is 0 Å². The van der Waals surface area contributed by atoms with Crippen LogP contribution in [0.1, 0.15) is 117 Å². The number of hydrogen-bond donors (Lipinski definition) is 0. The van der Waals surface area contributed by atoms with Crippen molar-refractivity contribution in [1.29, 1.82) is 0 Å². The van der Waals surface area contributed by atoms with Gasteiger partial charge in [-0.15, -0.1) is 0 Å². The Morgan fingerprint density at radius 3 is 1.00 bits per heavy atom. The van der Waals surface area contributed by atoms with Gasteiger partial charge in [0.1, 0.15) is 0 Å². The molecule has 0 aliphatic rings. The number of carbonyl (C=O) groups excluding carboxylic acids is 2. The summed E-state index contributed by atoms with van der Waals surface area (Å²) < 4.78 is 0. The molecule has 0 spiro atoms. The van der Waals surface area contributed by atoms with E-state index in [0.29, 0.717) is 0 Å². The number of carboxylic acid groups (broad SMARTS) is 2. The van der Waals surface area contributed by atoms with Crippen LogP contribution in [0, 0.1) is 0 Å². The Kier molecular flexibility index (Phi) is 42.8. The maximum Gasteiger partial charge on any atom is 2.00 e. The van der Waals surface area contributed by atoms with Crippen molar-refractivity contribution in [2.45, 2.75) is 117 Å². The van der Waals surface area contributed by atoms with E-state index in [1.54, 1.807) is 24.3 Å². The number of carboxylic acids is 2. The largest absolute Gasteiger partial charge is 2.00 e. The quantitative estimate of drug-likeness (QED) is 0.0497. The minimum atomic E-state index is -1.17. The third-order valence-electron chi connectivity index (χ3n) is 5.80. The molecule has 0 saturated carbocycles. The number of allylic oxidation sites excluding steroid dienone is 14. The molecule has 0 unspecified atom stereocenters. The van der Waals surface area contributed by atoms with Gasteiger partial charge in [-0.3, -0.25) is 0 Å². The fraction of sp³-hybridized carbons (Fsp3) is 0.500. The molecule has 5 heteroatoms. The summed E-state index contributed by atoms with van der Waals surface area (Å²) in [5, 5.41) is 20.1. The van der Waals surface area contributed by atoms with Crippen LogP contribution < -0.4 is 10.2 Å². The third kappa shape index (κ3) is 48.2. The molecule has 0 saturated heterocycles. The average Bonchev–Trinajstić information content (AvgIpc) is 2.93. The second-order valence-electron chi connectivity index (χ2n) is 9.57. The number of hydrogen-bond acceptors (Lipinski definition) is 4. The number of unbranched alkanes of at least 4 members (excludes halogenated alkanes) is 14.